The van der Waals surface area contributed by atoms with Gasteiger partial charge in [0.15, 0.2) is 0 Å². The Labute approximate surface area is 191 Å². The molecule has 0 aliphatic heterocycles. The Bertz CT molecular complexity index is 1130. The maximum Gasteiger partial charge on any atom is 0.319 e. The molecule has 33 heavy (non-hydrogen) atoms. The number of ether oxygens (including phenoxy) is 1. The van der Waals surface area contributed by atoms with Gasteiger partial charge in [-0.25, -0.2) is 23.5 Å². The highest BCUT2D eigenvalue weighted by molar-refractivity contribution is 5.92. The normalized spacial score (nSPS) is 13.9. The zero-order valence-electron chi connectivity index (χ0n) is 18.6. The van der Waals surface area contributed by atoms with Crippen molar-refractivity contribution in [3.05, 3.63) is 48.5 Å². The number of halogens is 2. The quantitative estimate of drug-likeness (QED) is 0.405. The molecular formula is C24H27F2N5O2. The molecule has 1 fully saturated rings. The Kier molecular flexibility index (Phi) is 6.57. The molecule has 1 heterocycles. The van der Waals surface area contributed by atoms with Gasteiger partial charge in [-0.1, -0.05) is 0 Å². The SMILES string of the molecule is CC(C)(F)CCNC(=O)Nc1ccc(Nc2ncnc3cc(OC4CCC4)cc(F)c23)cc1. The lowest BCUT2D eigenvalue weighted by Crippen LogP contribution is -2.32. The molecule has 3 aromatic rings. The van der Waals surface area contributed by atoms with E-state index in [1.165, 1.54) is 26.2 Å². The van der Waals surface area contributed by atoms with E-state index in [1.54, 1.807) is 30.3 Å². The Hall–Kier alpha value is -3.49. The summed E-state index contributed by atoms with van der Waals surface area (Å²) in [6.07, 6.45) is 4.84. The van der Waals surface area contributed by atoms with Crippen LogP contribution in [0.5, 0.6) is 5.75 Å². The summed E-state index contributed by atoms with van der Waals surface area (Å²) in [5, 5.41) is 8.68. The average Bonchev–Trinajstić information content (AvgIpc) is 2.71. The number of benzene rings is 2. The van der Waals surface area contributed by atoms with Crippen LogP contribution in [0.25, 0.3) is 10.9 Å². The number of urea groups is 1. The molecule has 1 saturated carbocycles. The number of nitrogens with zero attached hydrogens (tertiary/aromatic N) is 2. The van der Waals surface area contributed by atoms with Gasteiger partial charge in [-0.05, 0) is 63.8 Å². The van der Waals surface area contributed by atoms with Crippen LogP contribution >= 0.6 is 0 Å². The van der Waals surface area contributed by atoms with Crippen molar-refractivity contribution in [3.63, 3.8) is 0 Å². The van der Waals surface area contributed by atoms with Crippen LogP contribution in [0.1, 0.15) is 39.5 Å². The van der Waals surface area contributed by atoms with Gasteiger partial charge in [0.1, 0.15) is 29.4 Å². The van der Waals surface area contributed by atoms with Gasteiger partial charge in [0.05, 0.1) is 17.0 Å². The Morgan fingerprint density at radius 1 is 1.15 bits per heavy atom. The van der Waals surface area contributed by atoms with Gasteiger partial charge in [-0.3, -0.25) is 0 Å². The van der Waals surface area contributed by atoms with Crippen molar-refractivity contribution in [2.45, 2.75) is 51.3 Å². The second kappa shape index (κ2) is 9.56. The molecule has 1 aliphatic rings. The number of hydrogen-bond acceptors (Lipinski definition) is 5. The number of aromatic nitrogens is 2. The van der Waals surface area contributed by atoms with Gasteiger partial charge in [0.2, 0.25) is 0 Å². The third-order valence-electron chi connectivity index (χ3n) is 5.43. The maximum atomic E-state index is 14.9. The van der Waals surface area contributed by atoms with Crippen molar-refractivity contribution in [1.29, 1.82) is 0 Å². The van der Waals surface area contributed by atoms with E-state index in [2.05, 4.69) is 25.9 Å². The topological polar surface area (TPSA) is 88.2 Å². The molecule has 3 N–H and O–H groups in total. The monoisotopic (exact) mass is 455 g/mol. The predicted molar refractivity (Wildman–Crippen MR) is 124 cm³/mol. The third kappa shape index (κ3) is 6.06. The summed E-state index contributed by atoms with van der Waals surface area (Å²) in [7, 11) is 0. The molecule has 0 saturated heterocycles. The Balaban J connectivity index is 1.41. The summed E-state index contributed by atoms with van der Waals surface area (Å²) in [5.41, 5.74) is 0.341. The fraction of sp³-hybridized carbons (Fsp3) is 0.375. The first-order valence-electron chi connectivity index (χ1n) is 11.0. The molecular weight excluding hydrogens is 428 g/mol. The third-order valence-corrected chi connectivity index (χ3v) is 5.43. The minimum Gasteiger partial charge on any atom is -0.490 e. The summed E-state index contributed by atoms with van der Waals surface area (Å²) in [5.74, 6) is 0.342. The lowest BCUT2D eigenvalue weighted by atomic mass is 9.96. The molecule has 0 radical (unpaired) electrons. The molecule has 0 atom stereocenters. The van der Waals surface area contributed by atoms with Crippen molar-refractivity contribution < 1.29 is 18.3 Å². The van der Waals surface area contributed by atoms with Crippen LogP contribution < -0.4 is 20.7 Å². The number of carbonyl (C=O) groups excluding carboxylic acids is 1. The van der Waals surface area contributed by atoms with Crippen LogP contribution in [0.3, 0.4) is 0 Å². The molecule has 4 rings (SSSR count). The van der Waals surface area contributed by atoms with Crippen molar-refractivity contribution in [2.24, 2.45) is 0 Å². The molecule has 0 bridgehead atoms. The smallest absolute Gasteiger partial charge is 0.319 e. The number of rotatable bonds is 8. The van der Waals surface area contributed by atoms with Crippen LogP contribution in [0.4, 0.5) is 30.8 Å². The average molecular weight is 456 g/mol. The molecule has 9 heteroatoms. The van der Waals surface area contributed by atoms with Crippen molar-refractivity contribution in [1.82, 2.24) is 15.3 Å². The summed E-state index contributed by atoms with van der Waals surface area (Å²) in [4.78, 5) is 20.3. The lowest BCUT2D eigenvalue weighted by Gasteiger charge is -2.26. The van der Waals surface area contributed by atoms with Crippen molar-refractivity contribution in [3.8, 4) is 5.75 Å². The van der Waals surface area contributed by atoms with Crippen molar-refractivity contribution in [2.75, 3.05) is 17.2 Å². The maximum absolute atomic E-state index is 14.9. The Morgan fingerprint density at radius 2 is 1.88 bits per heavy atom. The summed E-state index contributed by atoms with van der Waals surface area (Å²) >= 11 is 0. The number of anilines is 3. The zero-order valence-corrected chi connectivity index (χ0v) is 18.6. The molecule has 1 aromatic heterocycles. The molecule has 1 aliphatic carbocycles. The zero-order chi connectivity index (χ0) is 23.4. The molecule has 2 aromatic carbocycles. The number of alkyl halides is 1. The summed E-state index contributed by atoms with van der Waals surface area (Å²) in [6, 6.07) is 9.55. The van der Waals surface area contributed by atoms with Gasteiger partial charge < -0.3 is 20.7 Å². The fourth-order valence-electron chi connectivity index (χ4n) is 3.38. The van der Waals surface area contributed by atoms with E-state index < -0.39 is 17.5 Å². The Morgan fingerprint density at radius 3 is 2.55 bits per heavy atom. The molecule has 7 nitrogen and oxygen atoms in total. The second-order valence-electron chi connectivity index (χ2n) is 8.74. The number of fused-ring (bicyclic) bond motifs is 1. The standard InChI is InChI=1S/C24H27F2N5O2/c1-24(2,26)10-11-27-23(32)31-16-8-6-15(7-9-16)30-22-21-19(25)12-18(33-17-4-3-5-17)13-20(21)28-14-29-22/h6-9,12-14,17H,3-5,10-11H2,1-2H3,(H2,27,31,32)(H,28,29,30). The first-order chi connectivity index (χ1) is 15.8. The van der Waals surface area contributed by atoms with Crippen LogP contribution in [0.2, 0.25) is 0 Å². The van der Waals surface area contributed by atoms with E-state index >= 15 is 0 Å². The van der Waals surface area contributed by atoms with Gasteiger partial charge in [0, 0.05) is 30.1 Å². The number of nitrogens with one attached hydrogen (secondary N) is 3. The first-order valence-corrected chi connectivity index (χ1v) is 11.0. The highest BCUT2D eigenvalue weighted by Crippen LogP contribution is 2.32. The molecule has 0 unspecified atom stereocenters. The molecule has 2 amide bonds. The minimum absolute atomic E-state index is 0.144. The van der Waals surface area contributed by atoms with E-state index in [-0.39, 0.29) is 24.5 Å². The second-order valence-corrected chi connectivity index (χ2v) is 8.74. The highest BCUT2D eigenvalue weighted by Gasteiger charge is 2.20. The van der Waals surface area contributed by atoms with Gasteiger partial charge >= 0.3 is 6.03 Å². The van der Waals surface area contributed by atoms with Gasteiger partial charge in [-0.15, -0.1) is 0 Å². The molecule has 0 spiro atoms. The van der Waals surface area contributed by atoms with E-state index in [1.807, 2.05) is 0 Å². The minimum atomic E-state index is -1.34. The summed E-state index contributed by atoms with van der Waals surface area (Å²) < 4.78 is 34.2. The lowest BCUT2D eigenvalue weighted by molar-refractivity contribution is 0.120. The van der Waals surface area contributed by atoms with Crippen LogP contribution in [-0.2, 0) is 0 Å². The largest absolute Gasteiger partial charge is 0.490 e. The van der Waals surface area contributed by atoms with Crippen LogP contribution in [0, 0.1) is 5.82 Å². The predicted octanol–water partition coefficient (Wildman–Crippen LogP) is 5.70. The fourth-order valence-corrected chi connectivity index (χ4v) is 3.38. The van der Waals surface area contributed by atoms with E-state index in [0.717, 1.165) is 19.3 Å². The number of amides is 2. The summed E-state index contributed by atoms with van der Waals surface area (Å²) in [6.45, 7) is 3.16. The first kappa shape index (κ1) is 22.7. The molecule has 174 valence electrons. The number of carbonyl (C=O) groups is 1. The van der Waals surface area contributed by atoms with E-state index in [9.17, 15) is 13.6 Å². The van der Waals surface area contributed by atoms with E-state index in [0.29, 0.717) is 28.5 Å². The van der Waals surface area contributed by atoms with Crippen LogP contribution in [-0.4, -0.2) is 34.3 Å². The van der Waals surface area contributed by atoms with E-state index in [4.69, 9.17) is 4.74 Å². The van der Waals surface area contributed by atoms with Gasteiger partial charge in [-0.2, -0.15) is 0 Å². The van der Waals surface area contributed by atoms with Crippen LogP contribution in [0.15, 0.2) is 42.7 Å². The number of hydrogen-bond donors (Lipinski definition) is 3. The highest BCUT2D eigenvalue weighted by atomic mass is 19.1. The van der Waals surface area contributed by atoms with Crippen molar-refractivity contribution >= 4 is 34.1 Å². The van der Waals surface area contributed by atoms with Gasteiger partial charge in [0.25, 0.3) is 0 Å².